The number of amides is 3. The molecule has 4 atom stereocenters. The topological polar surface area (TPSA) is 179 Å². The van der Waals surface area contributed by atoms with Crippen LogP contribution in [0.15, 0.2) is 24.3 Å². The molecule has 1 saturated carbocycles. The van der Waals surface area contributed by atoms with Gasteiger partial charge in [-0.1, -0.05) is 12.1 Å². The van der Waals surface area contributed by atoms with Crippen LogP contribution in [0, 0.1) is 11.8 Å². The lowest BCUT2D eigenvalue weighted by Crippen LogP contribution is -2.50. The minimum absolute atomic E-state index is 0.118. The maximum Gasteiger partial charge on any atom is 0.404 e. The van der Waals surface area contributed by atoms with Crippen molar-refractivity contribution in [2.75, 3.05) is 46.6 Å². The van der Waals surface area contributed by atoms with Gasteiger partial charge >= 0.3 is 6.09 Å². The molecule has 0 radical (unpaired) electrons. The predicted molar refractivity (Wildman–Crippen MR) is 167 cm³/mol. The second-order valence-electron chi connectivity index (χ2n) is 12.9. The van der Waals surface area contributed by atoms with Crippen LogP contribution in [-0.2, 0) is 39.8 Å². The summed E-state index contributed by atoms with van der Waals surface area (Å²) in [6.45, 7) is 6.19. The number of nitrogens with zero attached hydrogens (tertiary/aromatic N) is 1. The van der Waals surface area contributed by atoms with E-state index in [1.54, 1.807) is 33.1 Å². The Balaban J connectivity index is 1.43. The number of hydrogen-bond donors (Lipinski definition) is 3. The van der Waals surface area contributed by atoms with Crippen LogP contribution in [0.25, 0.3) is 0 Å². The maximum absolute atomic E-state index is 13.9. The van der Waals surface area contributed by atoms with Gasteiger partial charge < -0.3 is 35.3 Å². The van der Waals surface area contributed by atoms with E-state index in [2.05, 4.69) is 10.6 Å². The Morgan fingerprint density at radius 2 is 1.70 bits per heavy atom. The Morgan fingerprint density at radius 1 is 1.04 bits per heavy atom. The van der Waals surface area contributed by atoms with Gasteiger partial charge in [-0.2, -0.15) is 0 Å². The zero-order valence-electron chi connectivity index (χ0n) is 27.1. The molecule has 3 amide bonds. The van der Waals surface area contributed by atoms with Crippen LogP contribution in [0.5, 0.6) is 5.75 Å². The van der Waals surface area contributed by atoms with E-state index in [1.165, 1.54) is 0 Å². The number of ether oxygens (including phenoxy) is 4. The molecule has 4 N–H and O–H groups in total. The van der Waals surface area contributed by atoms with E-state index >= 15 is 0 Å². The van der Waals surface area contributed by atoms with Crippen LogP contribution in [0.4, 0.5) is 4.79 Å². The molecule has 0 unspecified atom stereocenters. The standard InChI is InChI=1S/C33H48N4O9/c1-21(35-29(39)19-37-12-14-44-15-13-37)28(38)18-24(16-22-4-8-25(43-3)9-5-22)31(41)36-27(30(40)33(2)20-45-33)17-23-6-10-26(11-7-23)46-32(34)42/h4-5,8-9,21,23-24,26-27H,6-7,10-20H2,1-3H3,(H2,34,42)(H,35,39)(H,36,41)/t21-,23?,24+,26?,27-,33+/m0/s1. The number of carbonyl (C=O) groups excluding carboxylic acids is 5. The summed E-state index contributed by atoms with van der Waals surface area (Å²) in [6.07, 6.45) is 2.16. The molecule has 3 fully saturated rings. The lowest BCUT2D eigenvalue weighted by atomic mass is 9.81. The van der Waals surface area contributed by atoms with Crippen LogP contribution >= 0.6 is 0 Å². The third kappa shape index (κ3) is 10.5. The fourth-order valence-corrected chi connectivity index (χ4v) is 6.18. The number of nitrogens with two attached hydrogens (primary N) is 1. The van der Waals surface area contributed by atoms with Gasteiger partial charge in [0.05, 0.1) is 45.6 Å². The average molecular weight is 645 g/mol. The predicted octanol–water partition coefficient (Wildman–Crippen LogP) is 1.54. The SMILES string of the molecule is COc1ccc(C[C@H](CC(=O)[C@H](C)NC(=O)CN2CCOCC2)C(=O)N[C@@H](CC2CCC(OC(N)=O)CC2)C(=O)[C@@]2(C)CO2)cc1. The van der Waals surface area contributed by atoms with E-state index in [1.807, 2.05) is 17.0 Å². The van der Waals surface area contributed by atoms with Crippen LogP contribution in [0.1, 0.15) is 57.9 Å². The molecule has 0 aromatic heterocycles. The van der Waals surface area contributed by atoms with E-state index in [-0.39, 0.29) is 55.5 Å². The van der Waals surface area contributed by atoms with Crippen molar-refractivity contribution in [3.8, 4) is 5.75 Å². The van der Waals surface area contributed by atoms with Crippen LogP contribution in [-0.4, -0.2) is 105 Å². The Labute approximate surface area is 270 Å². The monoisotopic (exact) mass is 644 g/mol. The molecular weight excluding hydrogens is 596 g/mol. The number of primary amides is 1. The van der Waals surface area contributed by atoms with E-state index in [9.17, 15) is 24.0 Å². The molecule has 46 heavy (non-hydrogen) atoms. The molecule has 2 aliphatic heterocycles. The Kier molecular flexibility index (Phi) is 12.5. The summed E-state index contributed by atoms with van der Waals surface area (Å²) >= 11 is 0. The molecule has 0 spiro atoms. The number of Topliss-reactive ketones (excluding diaryl/α,β-unsaturated/α-hetero) is 2. The Bertz CT molecular complexity index is 1220. The maximum atomic E-state index is 13.9. The number of benzene rings is 1. The van der Waals surface area contributed by atoms with Gasteiger partial charge in [-0.3, -0.25) is 24.1 Å². The van der Waals surface area contributed by atoms with E-state index in [0.717, 1.165) is 5.56 Å². The second kappa shape index (κ2) is 16.3. The molecule has 2 saturated heterocycles. The minimum Gasteiger partial charge on any atom is -0.497 e. The number of ketones is 2. The summed E-state index contributed by atoms with van der Waals surface area (Å²) in [4.78, 5) is 66.7. The molecule has 4 rings (SSSR count). The third-order valence-corrected chi connectivity index (χ3v) is 9.17. The molecule has 1 aromatic rings. The quantitative estimate of drug-likeness (QED) is 0.224. The molecule has 1 aliphatic carbocycles. The fraction of sp³-hybridized carbons (Fsp3) is 0.667. The normalized spacial score (nSPS) is 24.9. The van der Waals surface area contributed by atoms with Gasteiger partial charge in [-0.05, 0) is 76.0 Å². The van der Waals surface area contributed by atoms with E-state index in [0.29, 0.717) is 64.2 Å². The van der Waals surface area contributed by atoms with Crippen molar-refractivity contribution in [3.63, 3.8) is 0 Å². The smallest absolute Gasteiger partial charge is 0.404 e. The highest BCUT2D eigenvalue weighted by atomic mass is 16.6. The van der Waals surface area contributed by atoms with Crippen LogP contribution in [0.2, 0.25) is 0 Å². The summed E-state index contributed by atoms with van der Waals surface area (Å²) in [5.41, 5.74) is 5.05. The van der Waals surface area contributed by atoms with Gasteiger partial charge in [-0.25, -0.2) is 4.79 Å². The number of methoxy groups -OCH3 is 1. The van der Waals surface area contributed by atoms with Crippen molar-refractivity contribution in [1.29, 1.82) is 0 Å². The Hall–Kier alpha value is -3.55. The minimum atomic E-state index is -0.954. The highest BCUT2D eigenvalue weighted by Crippen LogP contribution is 2.34. The van der Waals surface area contributed by atoms with Crippen molar-refractivity contribution in [2.45, 2.75) is 82.6 Å². The largest absolute Gasteiger partial charge is 0.497 e. The van der Waals surface area contributed by atoms with Gasteiger partial charge in [0.2, 0.25) is 11.8 Å². The van der Waals surface area contributed by atoms with E-state index in [4.69, 9.17) is 24.7 Å². The van der Waals surface area contributed by atoms with Crippen molar-refractivity contribution >= 4 is 29.5 Å². The zero-order valence-corrected chi connectivity index (χ0v) is 27.1. The zero-order chi connectivity index (χ0) is 33.3. The van der Waals surface area contributed by atoms with Gasteiger partial charge in [0.25, 0.3) is 0 Å². The molecular formula is C33H48N4O9. The lowest BCUT2D eigenvalue weighted by molar-refractivity contribution is -0.135. The molecule has 1 aromatic carbocycles. The van der Waals surface area contributed by atoms with Crippen LogP contribution < -0.4 is 21.1 Å². The van der Waals surface area contributed by atoms with Crippen molar-refractivity contribution < 1.29 is 42.9 Å². The van der Waals surface area contributed by atoms with Gasteiger partial charge in [0.15, 0.2) is 11.6 Å². The molecule has 13 heteroatoms. The molecule has 2 heterocycles. The number of rotatable bonds is 16. The Morgan fingerprint density at radius 3 is 2.28 bits per heavy atom. The third-order valence-electron chi connectivity index (χ3n) is 9.17. The average Bonchev–Trinajstić information content (AvgIpc) is 3.79. The molecule has 13 nitrogen and oxygen atoms in total. The molecule has 0 bridgehead atoms. The molecule has 3 aliphatic rings. The van der Waals surface area contributed by atoms with Crippen LogP contribution in [0.3, 0.4) is 0 Å². The second-order valence-corrected chi connectivity index (χ2v) is 12.9. The van der Waals surface area contributed by atoms with Crippen molar-refractivity contribution in [1.82, 2.24) is 15.5 Å². The number of epoxide rings is 1. The lowest BCUT2D eigenvalue weighted by Gasteiger charge is -2.31. The number of hydrogen-bond acceptors (Lipinski definition) is 10. The summed E-state index contributed by atoms with van der Waals surface area (Å²) in [5.74, 6) is -1.17. The summed E-state index contributed by atoms with van der Waals surface area (Å²) in [7, 11) is 1.57. The first-order valence-corrected chi connectivity index (χ1v) is 16.2. The van der Waals surface area contributed by atoms with Gasteiger partial charge in [0.1, 0.15) is 17.5 Å². The molecule has 254 valence electrons. The van der Waals surface area contributed by atoms with Crippen molar-refractivity contribution in [2.24, 2.45) is 17.6 Å². The first-order chi connectivity index (χ1) is 22.0. The highest BCUT2D eigenvalue weighted by Gasteiger charge is 2.50. The first-order valence-electron chi connectivity index (χ1n) is 16.2. The van der Waals surface area contributed by atoms with Crippen molar-refractivity contribution in [3.05, 3.63) is 29.8 Å². The highest BCUT2D eigenvalue weighted by molar-refractivity contribution is 5.98. The number of carbonyl (C=O) groups is 5. The first kappa shape index (κ1) is 35.3. The fourth-order valence-electron chi connectivity index (χ4n) is 6.18. The summed E-state index contributed by atoms with van der Waals surface area (Å²) in [5, 5.41) is 5.76. The van der Waals surface area contributed by atoms with Gasteiger partial charge in [-0.15, -0.1) is 0 Å². The number of nitrogens with one attached hydrogen (secondary N) is 2. The summed E-state index contributed by atoms with van der Waals surface area (Å²) in [6, 6.07) is 5.65. The summed E-state index contributed by atoms with van der Waals surface area (Å²) < 4.78 is 21.2. The van der Waals surface area contributed by atoms with Gasteiger partial charge in [0, 0.05) is 25.4 Å². The van der Waals surface area contributed by atoms with E-state index < -0.39 is 35.6 Å². The number of morpholine rings is 1.